The molecule has 3 aromatic rings. The molecule has 2 unspecified atom stereocenters. The number of nitrogens with one attached hydrogen (secondary N) is 1. The highest BCUT2D eigenvalue weighted by Crippen LogP contribution is 2.45. The second kappa shape index (κ2) is 14.1. The van der Waals surface area contributed by atoms with Crippen molar-refractivity contribution in [2.45, 2.75) is 64.0 Å². The van der Waals surface area contributed by atoms with Crippen LogP contribution in [0, 0.1) is 24.6 Å². The molecule has 43 heavy (non-hydrogen) atoms. The monoisotopic (exact) mass is 609 g/mol. The van der Waals surface area contributed by atoms with E-state index in [0.29, 0.717) is 18.9 Å². The molecule has 0 aliphatic carbocycles. The third kappa shape index (κ3) is 7.52. The number of nitrogens with zero attached hydrogens (tertiary/aromatic N) is 4. The molecule has 2 fully saturated rings. The van der Waals surface area contributed by atoms with Gasteiger partial charge in [0.2, 0.25) is 0 Å². The molecule has 0 radical (unpaired) electrons. The number of aryl methyl sites for hydroxylation is 1. The zero-order valence-electron chi connectivity index (χ0n) is 25.6. The molecular weight excluding hydrogens is 565 g/mol. The molecule has 2 atom stereocenters. The van der Waals surface area contributed by atoms with Crippen molar-refractivity contribution in [2.75, 3.05) is 44.7 Å². The second-order valence-corrected chi connectivity index (χ2v) is 12.8. The number of likely N-dealkylation sites (tertiary alicyclic amines) is 1. The quantitative estimate of drug-likeness (QED) is 0.248. The first kappa shape index (κ1) is 31.3. The Balaban J connectivity index is 1.35. The standard InChI is InChI=1S/C34H45ClFN5O2/c1-4-6-32(43-33(42)37-3)20-34(24-40-18-15-38-25(40)2,28-7-5-8-30(36)19-28)27-13-16-39(17-14-27)21-26-22-41(23-26)31-11-9-29(35)10-12-31/h5,7-12,15,18-19,26-27,32H,4,6,13-14,16-17,20-24H2,1-3H3,(H,37,42). The van der Waals surface area contributed by atoms with Crippen LogP contribution in [-0.2, 0) is 16.7 Å². The van der Waals surface area contributed by atoms with E-state index in [9.17, 15) is 9.18 Å². The fourth-order valence-corrected chi connectivity index (χ4v) is 7.33. The van der Waals surface area contributed by atoms with E-state index in [-0.39, 0.29) is 17.8 Å². The number of hydrogen-bond donors (Lipinski definition) is 1. The third-order valence-corrected chi connectivity index (χ3v) is 9.74. The fourth-order valence-electron chi connectivity index (χ4n) is 7.20. The van der Waals surface area contributed by atoms with Crippen LogP contribution in [0.4, 0.5) is 14.9 Å². The van der Waals surface area contributed by atoms with Gasteiger partial charge in [-0.2, -0.15) is 0 Å². The van der Waals surface area contributed by atoms with Crippen LogP contribution in [0.5, 0.6) is 0 Å². The molecular formula is C34H45ClFN5O2. The minimum atomic E-state index is -0.435. The number of anilines is 1. The van der Waals surface area contributed by atoms with Crippen molar-refractivity contribution in [1.29, 1.82) is 0 Å². The first-order chi connectivity index (χ1) is 20.8. The summed E-state index contributed by atoms with van der Waals surface area (Å²) >= 11 is 6.07. The Kier molecular flexibility index (Phi) is 10.3. The highest BCUT2D eigenvalue weighted by molar-refractivity contribution is 6.30. The molecule has 7 nitrogen and oxygen atoms in total. The number of halogens is 2. The van der Waals surface area contributed by atoms with E-state index < -0.39 is 11.5 Å². The predicted octanol–water partition coefficient (Wildman–Crippen LogP) is 6.69. The van der Waals surface area contributed by atoms with E-state index in [1.165, 1.54) is 11.8 Å². The van der Waals surface area contributed by atoms with E-state index in [4.69, 9.17) is 16.3 Å². The Bertz CT molecular complexity index is 1340. The summed E-state index contributed by atoms with van der Waals surface area (Å²) in [5, 5.41) is 3.39. The maximum absolute atomic E-state index is 14.9. The fraction of sp³-hybridized carbons (Fsp3) is 0.529. The van der Waals surface area contributed by atoms with Gasteiger partial charge in [-0.25, -0.2) is 14.2 Å². The Hall–Kier alpha value is -3.10. The third-order valence-electron chi connectivity index (χ3n) is 9.49. The number of amides is 1. The summed E-state index contributed by atoms with van der Waals surface area (Å²) in [5.74, 6) is 1.61. The summed E-state index contributed by atoms with van der Waals surface area (Å²) in [5.41, 5.74) is 1.77. The molecule has 0 spiro atoms. The topological polar surface area (TPSA) is 62.6 Å². The smallest absolute Gasteiger partial charge is 0.407 e. The minimum absolute atomic E-state index is 0.240. The number of benzene rings is 2. The van der Waals surface area contributed by atoms with Crippen molar-refractivity contribution in [2.24, 2.45) is 11.8 Å². The van der Waals surface area contributed by atoms with Gasteiger partial charge in [0.15, 0.2) is 0 Å². The first-order valence-electron chi connectivity index (χ1n) is 15.6. The minimum Gasteiger partial charge on any atom is -0.446 e. The summed E-state index contributed by atoms with van der Waals surface area (Å²) in [6, 6.07) is 15.2. The first-order valence-corrected chi connectivity index (χ1v) is 16.0. The summed E-state index contributed by atoms with van der Waals surface area (Å²) < 4.78 is 23.0. The number of aromatic nitrogens is 2. The molecule has 232 valence electrons. The van der Waals surface area contributed by atoms with Gasteiger partial charge in [0.1, 0.15) is 17.7 Å². The Morgan fingerprint density at radius 3 is 2.56 bits per heavy atom. The summed E-state index contributed by atoms with van der Waals surface area (Å²) in [4.78, 5) is 21.9. The molecule has 2 aliphatic rings. The van der Waals surface area contributed by atoms with Crippen LogP contribution in [-0.4, -0.2) is 66.4 Å². The van der Waals surface area contributed by atoms with Gasteiger partial charge in [-0.1, -0.05) is 37.1 Å². The van der Waals surface area contributed by atoms with Crippen LogP contribution < -0.4 is 10.2 Å². The molecule has 0 bridgehead atoms. The largest absolute Gasteiger partial charge is 0.446 e. The van der Waals surface area contributed by atoms with Gasteiger partial charge in [-0.05, 0) is 93.6 Å². The van der Waals surface area contributed by atoms with Gasteiger partial charge in [-0.15, -0.1) is 0 Å². The average molecular weight is 610 g/mol. The Morgan fingerprint density at radius 2 is 1.93 bits per heavy atom. The predicted molar refractivity (Wildman–Crippen MR) is 170 cm³/mol. The lowest BCUT2D eigenvalue weighted by Gasteiger charge is -2.48. The molecule has 2 aromatic carbocycles. The van der Waals surface area contributed by atoms with Crippen molar-refractivity contribution in [3.05, 3.63) is 83.2 Å². The van der Waals surface area contributed by atoms with E-state index in [1.54, 1.807) is 13.1 Å². The van der Waals surface area contributed by atoms with Crippen LogP contribution in [0.1, 0.15) is 50.4 Å². The molecule has 1 amide bonds. The number of rotatable bonds is 12. The van der Waals surface area contributed by atoms with Crippen molar-refractivity contribution in [3.63, 3.8) is 0 Å². The lowest BCUT2D eigenvalue weighted by molar-refractivity contribution is 0.0355. The Morgan fingerprint density at radius 1 is 1.19 bits per heavy atom. The van der Waals surface area contributed by atoms with Crippen LogP contribution in [0.3, 0.4) is 0 Å². The molecule has 9 heteroatoms. The van der Waals surface area contributed by atoms with Gasteiger partial charge in [0.05, 0.1) is 0 Å². The summed E-state index contributed by atoms with van der Waals surface area (Å²) in [6.07, 6.45) is 7.38. The zero-order valence-corrected chi connectivity index (χ0v) is 26.4. The van der Waals surface area contributed by atoms with Gasteiger partial charge < -0.3 is 24.4 Å². The Labute approximate surface area is 260 Å². The number of carbonyl (C=O) groups excluding carboxylic acids is 1. The number of hydrogen-bond acceptors (Lipinski definition) is 5. The SMILES string of the molecule is CCCC(CC(Cn1ccnc1C)(c1cccc(F)c1)C1CCN(CC2CN(c3ccc(Cl)cc3)C2)CC1)OC(=O)NC. The summed E-state index contributed by atoms with van der Waals surface area (Å²) in [6.45, 7) is 9.97. The number of piperidine rings is 1. The van der Waals surface area contributed by atoms with Gasteiger partial charge in [0, 0.05) is 67.7 Å². The number of carbonyl (C=O) groups is 1. The molecule has 3 heterocycles. The molecule has 5 rings (SSSR count). The number of ether oxygens (including phenoxy) is 1. The maximum atomic E-state index is 14.9. The molecule has 2 saturated heterocycles. The average Bonchev–Trinajstić information content (AvgIpc) is 3.39. The lowest BCUT2D eigenvalue weighted by atomic mass is 9.63. The van der Waals surface area contributed by atoms with Crippen molar-refractivity contribution < 1.29 is 13.9 Å². The highest BCUT2D eigenvalue weighted by Gasteiger charge is 2.45. The zero-order chi connectivity index (χ0) is 30.4. The normalized spacial score (nSPS) is 18.6. The van der Waals surface area contributed by atoms with Gasteiger partial charge in [0.25, 0.3) is 0 Å². The summed E-state index contributed by atoms with van der Waals surface area (Å²) in [7, 11) is 1.59. The number of alkyl carbamates (subject to hydrolysis) is 1. The lowest BCUT2D eigenvalue weighted by Crippen LogP contribution is -2.54. The van der Waals surface area contributed by atoms with Crippen molar-refractivity contribution in [3.8, 4) is 0 Å². The van der Waals surface area contributed by atoms with Crippen LogP contribution in [0.15, 0.2) is 60.9 Å². The van der Waals surface area contributed by atoms with Crippen molar-refractivity contribution >= 4 is 23.4 Å². The molecule has 2 aliphatic heterocycles. The molecule has 1 aromatic heterocycles. The van der Waals surface area contributed by atoms with Crippen LogP contribution in [0.2, 0.25) is 5.02 Å². The van der Waals surface area contributed by atoms with E-state index >= 15 is 0 Å². The van der Waals surface area contributed by atoms with E-state index in [1.807, 2.05) is 37.5 Å². The highest BCUT2D eigenvalue weighted by atomic mass is 35.5. The number of imidazole rings is 1. The van der Waals surface area contributed by atoms with E-state index in [2.05, 4.69) is 49.8 Å². The van der Waals surface area contributed by atoms with Gasteiger partial charge in [-0.3, -0.25) is 0 Å². The van der Waals surface area contributed by atoms with E-state index in [0.717, 1.165) is 74.8 Å². The molecule has 0 saturated carbocycles. The van der Waals surface area contributed by atoms with Crippen LogP contribution >= 0.6 is 11.6 Å². The van der Waals surface area contributed by atoms with Crippen molar-refractivity contribution in [1.82, 2.24) is 19.8 Å². The molecule has 1 N–H and O–H groups in total. The van der Waals surface area contributed by atoms with Gasteiger partial charge >= 0.3 is 6.09 Å². The second-order valence-electron chi connectivity index (χ2n) is 12.4. The van der Waals surface area contributed by atoms with Crippen LogP contribution in [0.25, 0.3) is 0 Å². The maximum Gasteiger partial charge on any atom is 0.407 e.